The maximum Gasteiger partial charge on any atom is 0.306 e. The van der Waals surface area contributed by atoms with Crippen molar-refractivity contribution in [1.29, 1.82) is 0 Å². The summed E-state index contributed by atoms with van der Waals surface area (Å²) in [6, 6.07) is 0. The lowest BCUT2D eigenvalue weighted by Gasteiger charge is -2.18. The van der Waals surface area contributed by atoms with Gasteiger partial charge in [-0.15, -0.1) is 0 Å². The second-order valence-corrected chi connectivity index (χ2v) is 22.7. The molecule has 0 aliphatic rings. The summed E-state index contributed by atoms with van der Waals surface area (Å²) in [7, 11) is 0. The van der Waals surface area contributed by atoms with Gasteiger partial charge in [0.25, 0.3) is 0 Å². The highest BCUT2D eigenvalue weighted by molar-refractivity contribution is 5.71. The Hall–Kier alpha value is -4.19. The van der Waals surface area contributed by atoms with Crippen LogP contribution in [0.5, 0.6) is 0 Å². The second-order valence-electron chi connectivity index (χ2n) is 22.7. The average Bonchev–Trinajstić information content (AvgIpc) is 3.47. The molecular weight excluding hydrogens is 1010 g/mol. The van der Waals surface area contributed by atoms with Crippen LogP contribution in [-0.2, 0) is 28.6 Å². The van der Waals surface area contributed by atoms with Gasteiger partial charge in [-0.2, -0.15) is 0 Å². The Kier molecular flexibility index (Phi) is 65.8. The number of esters is 3. The molecule has 0 radical (unpaired) electrons. The molecule has 0 aromatic heterocycles. The molecule has 0 rings (SSSR count). The molecule has 0 fully saturated rings. The third-order valence-corrected chi connectivity index (χ3v) is 14.7. The van der Waals surface area contributed by atoms with Crippen LogP contribution < -0.4 is 0 Å². The first kappa shape index (κ1) is 77.8. The zero-order chi connectivity index (χ0) is 59.2. The van der Waals surface area contributed by atoms with E-state index in [1.807, 2.05) is 0 Å². The number of hydrogen-bond donors (Lipinski definition) is 0. The Morgan fingerprint density at radius 3 is 0.756 bits per heavy atom. The van der Waals surface area contributed by atoms with Gasteiger partial charge in [-0.25, -0.2) is 0 Å². The maximum absolute atomic E-state index is 12.9. The van der Waals surface area contributed by atoms with Crippen molar-refractivity contribution in [2.24, 2.45) is 0 Å². The van der Waals surface area contributed by atoms with Crippen molar-refractivity contribution in [3.8, 4) is 0 Å². The van der Waals surface area contributed by atoms with E-state index in [4.69, 9.17) is 14.2 Å². The number of rotatable bonds is 62. The van der Waals surface area contributed by atoms with Crippen LogP contribution in [0.1, 0.15) is 323 Å². The molecule has 0 aliphatic heterocycles. The number of hydrogen-bond acceptors (Lipinski definition) is 6. The van der Waals surface area contributed by atoms with E-state index in [1.54, 1.807) is 0 Å². The minimum Gasteiger partial charge on any atom is -0.462 e. The van der Waals surface area contributed by atoms with Crippen molar-refractivity contribution in [1.82, 2.24) is 0 Å². The number of carbonyl (C=O) groups is 3. The maximum atomic E-state index is 12.9. The fraction of sp³-hybridized carbons (Fsp3) is 0.697. The highest BCUT2D eigenvalue weighted by atomic mass is 16.6. The fourth-order valence-electron chi connectivity index (χ4n) is 9.62. The third-order valence-electron chi connectivity index (χ3n) is 14.7. The molecule has 0 aromatic carbocycles. The van der Waals surface area contributed by atoms with E-state index in [9.17, 15) is 14.4 Å². The van der Waals surface area contributed by atoms with E-state index in [2.05, 4.69) is 142 Å². The van der Waals surface area contributed by atoms with Gasteiger partial charge in [-0.1, -0.05) is 316 Å². The number of unbranched alkanes of at least 4 members (excludes halogenated alkanes) is 31. The summed E-state index contributed by atoms with van der Waals surface area (Å²) in [6.07, 6.45) is 96.6. The fourth-order valence-corrected chi connectivity index (χ4v) is 9.62. The molecule has 82 heavy (non-hydrogen) atoms. The van der Waals surface area contributed by atoms with E-state index >= 15 is 0 Å². The number of ether oxygens (including phenoxy) is 3. The summed E-state index contributed by atoms with van der Waals surface area (Å²) in [5.41, 5.74) is 0. The first-order valence-corrected chi connectivity index (χ1v) is 34.5. The average molecular weight is 1140 g/mol. The summed E-state index contributed by atoms with van der Waals surface area (Å²) in [5, 5.41) is 0. The molecule has 0 N–H and O–H groups in total. The van der Waals surface area contributed by atoms with Crippen LogP contribution in [0.4, 0.5) is 0 Å². The Balaban J connectivity index is 4.22. The smallest absolute Gasteiger partial charge is 0.306 e. The second kappa shape index (κ2) is 69.3. The summed E-state index contributed by atoms with van der Waals surface area (Å²) in [5.74, 6) is -0.910. The van der Waals surface area contributed by atoms with Gasteiger partial charge in [0.1, 0.15) is 13.2 Å². The molecule has 6 nitrogen and oxygen atoms in total. The van der Waals surface area contributed by atoms with E-state index in [1.165, 1.54) is 154 Å². The largest absolute Gasteiger partial charge is 0.462 e. The third kappa shape index (κ3) is 66.6. The predicted molar refractivity (Wildman–Crippen MR) is 357 cm³/mol. The van der Waals surface area contributed by atoms with Crippen LogP contribution in [-0.4, -0.2) is 37.2 Å². The van der Waals surface area contributed by atoms with Crippen molar-refractivity contribution >= 4 is 17.9 Å². The van der Waals surface area contributed by atoms with Gasteiger partial charge in [-0.05, 0) is 109 Å². The monoisotopic (exact) mass is 1140 g/mol. The Morgan fingerprint density at radius 1 is 0.256 bits per heavy atom. The van der Waals surface area contributed by atoms with Crippen molar-refractivity contribution in [2.45, 2.75) is 329 Å². The highest BCUT2D eigenvalue weighted by Gasteiger charge is 2.19. The lowest BCUT2D eigenvalue weighted by molar-refractivity contribution is -0.167. The van der Waals surface area contributed by atoms with E-state index < -0.39 is 6.10 Å². The zero-order valence-corrected chi connectivity index (χ0v) is 53.7. The number of carbonyl (C=O) groups excluding carboxylic acids is 3. The summed E-state index contributed by atoms with van der Waals surface area (Å²) in [6.45, 7) is 6.41. The Morgan fingerprint density at radius 2 is 0.476 bits per heavy atom. The molecule has 0 bridgehead atoms. The lowest BCUT2D eigenvalue weighted by Crippen LogP contribution is -2.30. The SMILES string of the molecule is CC/C=C\C/C=C\C/C=C\C/C=C\C/C=C\CCCCCCCCCCCCCCCCCCCC(=O)OCC(COC(=O)CCCCCCCCCCCCCC)OC(=O)CCCCC/C=C\C/C=C\C/C=C\C/C=C\C/C=C\CC. The van der Waals surface area contributed by atoms with Crippen LogP contribution in [0.2, 0.25) is 0 Å². The highest BCUT2D eigenvalue weighted by Crippen LogP contribution is 2.17. The van der Waals surface area contributed by atoms with Gasteiger partial charge in [0.05, 0.1) is 0 Å². The van der Waals surface area contributed by atoms with Crippen LogP contribution >= 0.6 is 0 Å². The quantitative estimate of drug-likeness (QED) is 0.0261. The van der Waals surface area contributed by atoms with E-state index in [0.29, 0.717) is 12.8 Å². The molecular formula is C76H128O6. The molecule has 1 atom stereocenters. The Bertz CT molecular complexity index is 1690. The molecule has 6 heteroatoms. The van der Waals surface area contributed by atoms with Crippen LogP contribution in [0.15, 0.2) is 122 Å². The first-order valence-electron chi connectivity index (χ1n) is 34.5. The van der Waals surface area contributed by atoms with Gasteiger partial charge < -0.3 is 14.2 Å². The predicted octanol–water partition coefficient (Wildman–Crippen LogP) is 23.9. The molecule has 0 saturated heterocycles. The van der Waals surface area contributed by atoms with Gasteiger partial charge in [-0.3, -0.25) is 14.4 Å². The lowest BCUT2D eigenvalue weighted by atomic mass is 10.0. The minimum absolute atomic E-state index is 0.0888. The molecule has 0 saturated carbocycles. The zero-order valence-electron chi connectivity index (χ0n) is 53.7. The van der Waals surface area contributed by atoms with Gasteiger partial charge in [0.2, 0.25) is 0 Å². The summed E-state index contributed by atoms with van der Waals surface area (Å²) >= 11 is 0. The molecule has 0 heterocycles. The summed E-state index contributed by atoms with van der Waals surface area (Å²) < 4.78 is 16.9. The van der Waals surface area contributed by atoms with Crippen LogP contribution in [0.3, 0.4) is 0 Å². The van der Waals surface area contributed by atoms with E-state index in [-0.39, 0.29) is 37.5 Å². The normalized spacial score (nSPS) is 12.9. The minimum atomic E-state index is -0.796. The van der Waals surface area contributed by atoms with Gasteiger partial charge in [0, 0.05) is 19.3 Å². The first-order chi connectivity index (χ1) is 40.5. The molecule has 1 unspecified atom stereocenters. The van der Waals surface area contributed by atoms with Gasteiger partial charge >= 0.3 is 17.9 Å². The van der Waals surface area contributed by atoms with Crippen molar-refractivity contribution in [3.05, 3.63) is 122 Å². The number of allylic oxidation sites excluding steroid dienone is 20. The van der Waals surface area contributed by atoms with Crippen molar-refractivity contribution in [3.63, 3.8) is 0 Å². The summed E-state index contributed by atoms with van der Waals surface area (Å²) in [4.78, 5) is 38.3. The molecule has 468 valence electrons. The van der Waals surface area contributed by atoms with Crippen molar-refractivity contribution < 1.29 is 28.6 Å². The molecule has 0 amide bonds. The van der Waals surface area contributed by atoms with Crippen LogP contribution in [0, 0.1) is 0 Å². The molecule has 0 aliphatic carbocycles. The molecule has 0 aromatic rings. The van der Waals surface area contributed by atoms with Crippen LogP contribution in [0.25, 0.3) is 0 Å². The van der Waals surface area contributed by atoms with E-state index in [0.717, 1.165) is 128 Å². The van der Waals surface area contributed by atoms with Crippen molar-refractivity contribution in [2.75, 3.05) is 13.2 Å². The molecule has 0 spiro atoms. The standard InChI is InChI=1S/C76H128O6/c1-4-7-10-13-16-19-22-25-27-29-31-32-33-34-35-36-37-38-39-40-41-42-43-44-46-47-49-51-54-57-60-63-66-69-75(78)81-72-73(71-80-74(77)68-65-62-59-56-53-24-21-18-15-12-9-6-3)82-76(79)70-67-64-61-58-55-52-50-48-45-30-28-26-23-20-17-14-11-8-5-2/h7-8,10-11,16-17,19-20,25-28,31-32,34-35,45,48,52,55,73H,4-6,9,12-15,18,21-24,29-30,33,36-44,46-47,49-51,53-54,56-72H2,1-3H3/b10-7-,11-8-,19-16-,20-17-,27-25-,28-26-,32-31-,35-34-,48-45-,55-52-. The van der Waals surface area contributed by atoms with Gasteiger partial charge in [0.15, 0.2) is 6.10 Å². The Labute approximate surface area is 507 Å². The topological polar surface area (TPSA) is 78.9 Å².